The number of benzene rings is 3. The van der Waals surface area contributed by atoms with Gasteiger partial charge in [0.05, 0.1) is 5.69 Å². The van der Waals surface area contributed by atoms with Gasteiger partial charge in [0.1, 0.15) is 23.0 Å². The molecular formula is C25H18F2N4O. The second-order valence-corrected chi connectivity index (χ2v) is 7.35. The number of anilines is 1. The van der Waals surface area contributed by atoms with E-state index >= 15 is 0 Å². The van der Waals surface area contributed by atoms with Crippen molar-refractivity contribution in [3.8, 4) is 16.9 Å². The maximum atomic E-state index is 13.5. The van der Waals surface area contributed by atoms with Gasteiger partial charge in [-0.05, 0) is 66.7 Å². The third-order valence-electron chi connectivity index (χ3n) is 5.21. The van der Waals surface area contributed by atoms with Crippen LogP contribution in [0.15, 0.2) is 89.7 Å². The van der Waals surface area contributed by atoms with Crippen LogP contribution in [0.5, 0.6) is 0 Å². The average Bonchev–Trinajstić information content (AvgIpc) is 3.18. The van der Waals surface area contributed by atoms with Gasteiger partial charge in [-0.1, -0.05) is 18.2 Å². The monoisotopic (exact) mass is 428 g/mol. The number of nitrogens with zero attached hydrogens (tertiary/aromatic N) is 2. The number of rotatable bonds is 5. The Kier molecular flexibility index (Phi) is 4.99. The van der Waals surface area contributed by atoms with Crippen LogP contribution in [0, 0.1) is 11.6 Å². The first-order valence-corrected chi connectivity index (χ1v) is 10.0. The van der Waals surface area contributed by atoms with Gasteiger partial charge >= 0.3 is 0 Å². The minimum Gasteiger partial charge on any atom is -0.381 e. The predicted molar refractivity (Wildman–Crippen MR) is 121 cm³/mol. The molecule has 0 saturated carbocycles. The number of halogens is 2. The maximum absolute atomic E-state index is 13.5. The number of aromatic nitrogens is 3. The zero-order valence-corrected chi connectivity index (χ0v) is 16.8. The van der Waals surface area contributed by atoms with Crippen molar-refractivity contribution in [1.82, 2.24) is 14.8 Å². The second kappa shape index (κ2) is 8.11. The molecule has 0 aliphatic rings. The van der Waals surface area contributed by atoms with Crippen molar-refractivity contribution in [2.24, 2.45) is 0 Å². The molecule has 32 heavy (non-hydrogen) atoms. The van der Waals surface area contributed by atoms with Crippen molar-refractivity contribution in [1.29, 1.82) is 0 Å². The van der Waals surface area contributed by atoms with Gasteiger partial charge in [-0.2, -0.15) is 5.10 Å². The SMILES string of the molecule is O=c1[nH]c2c(cc1CNc1ccc(F)cc1)c(-c1ccc(F)cc1)nn2-c1ccccc1. The van der Waals surface area contributed by atoms with E-state index < -0.39 is 0 Å². The van der Waals surface area contributed by atoms with Crippen molar-refractivity contribution in [2.75, 3.05) is 5.32 Å². The van der Waals surface area contributed by atoms with E-state index in [4.69, 9.17) is 5.10 Å². The Morgan fingerprint density at radius 2 is 1.53 bits per heavy atom. The lowest BCUT2D eigenvalue weighted by molar-refractivity contribution is 0.627. The van der Waals surface area contributed by atoms with E-state index in [0.717, 1.165) is 16.6 Å². The molecule has 0 amide bonds. The summed E-state index contributed by atoms with van der Waals surface area (Å²) in [5.74, 6) is -0.662. The average molecular weight is 428 g/mol. The van der Waals surface area contributed by atoms with Crippen LogP contribution in [0.1, 0.15) is 5.56 Å². The zero-order chi connectivity index (χ0) is 22.1. The molecule has 0 fully saturated rings. The summed E-state index contributed by atoms with van der Waals surface area (Å²) >= 11 is 0. The highest BCUT2D eigenvalue weighted by Gasteiger charge is 2.17. The largest absolute Gasteiger partial charge is 0.381 e. The molecule has 2 N–H and O–H groups in total. The van der Waals surface area contributed by atoms with E-state index in [-0.39, 0.29) is 23.7 Å². The molecule has 2 aromatic heterocycles. The van der Waals surface area contributed by atoms with E-state index in [1.807, 2.05) is 30.3 Å². The maximum Gasteiger partial charge on any atom is 0.254 e. The molecule has 0 spiro atoms. The number of hydrogen-bond donors (Lipinski definition) is 2. The summed E-state index contributed by atoms with van der Waals surface area (Å²) in [5, 5.41) is 8.60. The molecule has 158 valence electrons. The molecule has 5 nitrogen and oxygen atoms in total. The van der Waals surface area contributed by atoms with Gasteiger partial charge in [0.2, 0.25) is 0 Å². The summed E-state index contributed by atoms with van der Waals surface area (Å²) < 4.78 is 28.3. The minimum absolute atomic E-state index is 0.246. The van der Waals surface area contributed by atoms with Crippen molar-refractivity contribution in [2.45, 2.75) is 6.54 Å². The minimum atomic E-state index is -0.335. The lowest BCUT2D eigenvalue weighted by Gasteiger charge is -2.07. The van der Waals surface area contributed by atoms with Crippen LogP contribution in [0.4, 0.5) is 14.5 Å². The van der Waals surface area contributed by atoms with Crippen LogP contribution in [-0.4, -0.2) is 14.8 Å². The molecule has 0 atom stereocenters. The Balaban J connectivity index is 1.62. The highest BCUT2D eigenvalue weighted by molar-refractivity contribution is 5.92. The number of aromatic amines is 1. The number of H-pyrrole nitrogens is 1. The summed E-state index contributed by atoms with van der Waals surface area (Å²) in [6, 6.07) is 23.3. The Labute approximate surface area is 182 Å². The van der Waals surface area contributed by atoms with Crippen LogP contribution in [0.25, 0.3) is 28.0 Å². The fourth-order valence-corrected chi connectivity index (χ4v) is 3.59. The molecule has 0 unspecified atom stereocenters. The van der Waals surface area contributed by atoms with E-state index in [1.165, 1.54) is 24.3 Å². The molecule has 0 bridgehead atoms. The summed E-state index contributed by atoms with van der Waals surface area (Å²) in [4.78, 5) is 15.8. The topological polar surface area (TPSA) is 62.7 Å². The van der Waals surface area contributed by atoms with Crippen molar-refractivity contribution in [3.05, 3.63) is 112 Å². The molecule has 5 aromatic rings. The predicted octanol–water partition coefficient (Wildman–Crippen LogP) is 5.27. The fourth-order valence-electron chi connectivity index (χ4n) is 3.59. The van der Waals surface area contributed by atoms with E-state index in [2.05, 4.69) is 10.3 Å². The Bertz CT molecular complexity index is 1440. The lowest BCUT2D eigenvalue weighted by atomic mass is 10.1. The summed E-state index contributed by atoms with van der Waals surface area (Å²) in [6.07, 6.45) is 0. The van der Waals surface area contributed by atoms with Gasteiger partial charge in [0.15, 0.2) is 0 Å². The van der Waals surface area contributed by atoms with Gasteiger partial charge in [-0.3, -0.25) is 4.79 Å². The number of pyridine rings is 1. The first kappa shape index (κ1) is 19.7. The van der Waals surface area contributed by atoms with E-state index in [9.17, 15) is 13.6 Å². The van der Waals surface area contributed by atoms with Gasteiger partial charge in [-0.25, -0.2) is 13.5 Å². The third kappa shape index (κ3) is 3.76. The Morgan fingerprint density at radius 3 is 2.22 bits per heavy atom. The zero-order valence-electron chi connectivity index (χ0n) is 16.8. The Morgan fingerprint density at radius 1 is 0.875 bits per heavy atom. The van der Waals surface area contributed by atoms with E-state index in [1.54, 1.807) is 35.0 Å². The number of hydrogen-bond acceptors (Lipinski definition) is 3. The van der Waals surface area contributed by atoms with Crippen LogP contribution >= 0.6 is 0 Å². The highest BCUT2D eigenvalue weighted by atomic mass is 19.1. The molecule has 0 saturated heterocycles. The quantitative estimate of drug-likeness (QED) is 0.401. The molecule has 3 aromatic carbocycles. The molecule has 5 rings (SSSR count). The molecular weight excluding hydrogens is 410 g/mol. The van der Waals surface area contributed by atoms with E-state index in [0.29, 0.717) is 22.6 Å². The first-order valence-electron chi connectivity index (χ1n) is 10.0. The van der Waals surface area contributed by atoms with Gasteiger partial charge in [0.25, 0.3) is 5.56 Å². The molecule has 7 heteroatoms. The van der Waals surface area contributed by atoms with Crippen LogP contribution < -0.4 is 10.9 Å². The van der Waals surface area contributed by atoms with Gasteiger partial charge < -0.3 is 10.3 Å². The molecule has 2 heterocycles. The van der Waals surface area contributed by atoms with Crippen molar-refractivity contribution in [3.63, 3.8) is 0 Å². The smallest absolute Gasteiger partial charge is 0.254 e. The first-order chi connectivity index (χ1) is 15.6. The van der Waals surface area contributed by atoms with Crippen LogP contribution in [-0.2, 0) is 6.54 Å². The summed E-state index contributed by atoms with van der Waals surface area (Å²) in [7, 11) is 0. The van der Waals surface area contributed by atoms with Crippen LogP contribution in [0.2, 0.25) is 0 Å². The third-order valence-corrected chi connectivity index (χ3v) is 5.21. The summed E-state index contributed by atoms with van der Waals surface area (Å²) in [5.41, 5.74) is 3.64. The Hall–Kier alpha value is -4.26. The molecule has 0 aliphatic carbocycles. The number of nitrogens with one attached hydrogen (secondary N) is 2. The molecule has 0 aliphatic heterocycles. The second-order valence-electron chi connectivity index (χ2n) is 7.35. The van der Waals surface area contributed by atoms with Crippen LogP contribution in [0.3, 0.4) is 0 Å². The molecule has 0 radical (unpaired) electrons. The number of para-hydroxylation sites is 1. The van der Waals surface area contributed by atoms with Gasteiger partial charge in [0, 0.05) is 28.7 Å². The standard InChI is InChI=1S/C25H18F2N4O/c26-18-8-6-16(7-9-18)23-22-14-17(15-28-20-12-10-19(27)11-13-20)25(32)29-24(22)31(30-23)21-4-2-1-3-5-21/h1-14,28H,15H2,(H,29,32). The normalized spacial score (nSPS) is 11.1. The van der Waals surface area contributed by atoms with Gasteiger partial charge in [-0.15, -0.1) is 0 Å². The summed E-state index contributed by atoms with van der Waals surface area (Å²) in [6.45, 7) is 0.246. The van der Waals surface area contributed by atoms with Crippen molar-refractivity contribution >= 4 is 16.7 Å². The highest BCUT2D eigenvalue weighted by Crippen LogP contribution is 2.29. The fraction of sp³-hybridized carbons (Fsp3) is 0.0400. The number of fused-ring (bicyclic) bond motifs is 1. The van der Waals surface area contributed by atoms with Crippen molar-refractivity contribution < 1.29 is 8.78 Å². The lowest BCUT2D eigenvalue weighted by Crippen LogP contribution is -2.16.